The molecule has 1 aromatic rings. The van der Waals surface area contributed by atoms with Gasteiger partial charge in [0.15, 0.2) is 0 Å². The van der Waals surface area contributed by atoms with Gasteiger partial charge in [0.1, 0.15) is 11.6 Å². The minimum Gasteiger partial charge on any atom is -0.321 e. The summed E-state index contributed by atoms with van der Waals surface area (Å²) in [4.78, 5) is 0. The van der Waals surface area contributed by atoms with Gasteiger partial charge in [-0.25, -0.2) is 8.78 Å². The average molecular weight is 239 g/mol. The molecule has 0 aromatic heterocycles. The predicted octanol–water partition coefficient (Wildman–Crippen LogP) is 3.57. The third-order valence-electron chi connectivity index (χ3n) is 4.35. The molecular formula is C14H19F2N. The zero-order valence-corrected chi connectivity index (χ0v) is 10.3. The molecule has 0 saturated heterocycles. The summed E-state index contributed by atoms with van der Waals surface area (Å²) in [5.74, 6) is -0.394. The molecule has 2 N–H and O–H groups in total. The van der Waals surface area contributed by atoms with Crippen molar-refractivity contribution in [2.24, 2.45) is 17.6 Å². The SMILES string of the molecule is CC1CCCC(N)(c2ccc(F)cc2F)C1C. The quantitative estimate of drug-likeness (QED) is 0.796. The van der Waals surface area contributed by atoms with Gasteiger partial charge in [-0.3, -0.25) is 0 Å². The van der Waals surface area contributed by atoms with Crippen LogP contribution in [0.15, 0.2) is 18.2 Å². The van der Waals surface area contributed by atoms with E-state index in [1.165, 1.54) is 12.1 Å². The lowest BCUT2D eigenvalue weighted by Crippen LogP contribution is -2.48. The first kappa shape index (κ1) is 12.5. The average Bonchev–Trinajstić information content (AvgIpc) is 2.25. The number of rotatable bonds is 1. The normalized spacial score (nSPS) is 33.7. The van der Waals surface area contributed by atoms with Crippen LogP contribution in [0.5, 0.6) is 0 Å². The van der Waals surface area contributed by atoms with E-state index in [1.54, 1.807) is 0 Å². The summed E-state index contributed by atoms with van der Waals surface area (Å²) in [7, 11) is 0. The molecule has 0 bridgehead atoms. The number of hydrogen-bond donors (Lipinski definition) is 1. The fourth-order valence-corrected chi connectivity index (χ4v) is 2.95. The highest BCUT2D eigenvalue weighted by atomic mass is 19.1. The zero-order chi connectivity index (χ0) is 12.6. The first-order valence-corrected chi connectivity index (χ1v) is 6.19. The second kappa shape index (κ2) is 4.37. The Labute approximate surface area is 101 Å². The third-order valence-corrected chi connectivity index (χ3v) is 4.35. The Balaban J connectivity index is 2.42. The summed E-state index contributed by atoms with van der Waals surface area (Å²) in [5, 5.41) is 0. The van der Waals surface area contributed by atoms with E-state index in [1.807, 2.05) is 0 Å². The van der Waals surface area contributed by atoms with Gasteiger partial charge in [0.2, 0.25) is 0 Å². The van der Waals surface area contributed by atoms with Crippen LogP contribution in [0.2, 0.25) is 0 Å². The van der Waals surface area contributed by atoms with Gasteiger partial charge in [0.25, 0.3) is 0 Å². The lowest BCUT2D eigenvalue weighted by molar-refractivity contribution is 0.140. The first-order valence-electron chi connectivity index (χ1n) is 6.19. The minimum absolute atomic E-state index is 0.205. The fraction of sp³-hybridized carbons (Fsp3) is 0.571. The molecule has 1 aromatic carbocycles. The number of nitrogens with two attached hydrogens (primary N) is 1. The highest BCUT2D eigenvalue weighted by molar-refractivity contribution is 5.28. The smallest absolute Gasteiger partial charge is 0.131 e. The van der Waals surface area contributed by atoms with Crippen molar-refractivity contribution in [3.05, 3.63) is 35.4 Å². The first-order chi connectivity index (χ1) is 7.95. The Hall–Kier alpha value is -0.960. The van der Waals surface area contributed by atoms with E-state index in [2.05, 4.69) is 13.8 Å². The van der Waals surface area contributed by atoms with Crippen LogP contribution in [-0.2, 0) is 5.54 Å². The molecule has 1 aliphatic rings. The number of hydrogen-bond acceptors (Lipinski definition) is 1. The Morgan fingerprint density at radius 1 is 1.29 bits per heavy atom. The molecule has 0 radical (unpaired) electrons. The fourth-order valence-electron chi connectivity index (χ4n) is 2.95. The topological polar surface area (TPSA) is 26.0 Å². The van der Waals surface area contributed by atoms with Gasteiger partial charge in [0, 0.05) is 17.2 Å². The van der Waals surface area contributed by atoms with Crippen LogP contribution in [0.3, 0.4) is 0 Å². The second-order valence-corrected chi connectivity index (χ2v) is 5.32. The van der Waals surface area contributed by atoms with Crippen LogP contribution in [0, 0.1) is 23.5 Å². The van der Waals surface area contributed by atoms with Crippen LogP contribution in [-0.4, -0.2) is 0 Å². The lowest BCUT2D eigenvalue weighted by atomic mass is 9.66. The van der Waals surface area contributed by atoms with Crippen molar-refractivity contribution in [1.29, 1.82) is 0 Å². The molecule has 0 spiro atoms. The zero-order valence-electron chi connectivity index (χ0n) is 10.3. The molecular weight excluding hydrogens is 220 g/mol. The largest absolute Gasteiger partial charge is 0.321 e. The molecule has 1 aliphatic carbocycles. The minimum atomic E-state index is -0.657. The molecule has 2 rings (SSSR count). The summed E-state index contributed by atoms with van der Waals surface area (Å²) in [6, 6.07) is 3.72. The van der Waals surface area contributed by atoms with E-state index >= 15 is 0 Å². The molecule has 3 heteroatoms. The second-order valence-electron chi connectivity index (χ2n) is 5.32. The monoisotopic (exact) mass is 239 g/mol. The van der Waals surface area contributed by atoms with Crippen molar-refractivity contribution < 1.29 is 8.78 Å². The van der Waals surface area contributed by atoms with E-state index in [-0.39, 0.29) is 5.92 Å². The van der Waals surface area contributed by atoms with Crippen molar-refractivity contribution in [1.82, 2.24) is 0 Å². The van der Waals surface area contributed by atoms with Crippen molar-refractivity contribution in [2.75, 3.05) is 0 Å². The van der Waals surface area contributed by atoms with E-state index in [9.17, 15) is 8.78 Å². The van der Waals surface area contributed by atoms with Crippen molar-refractivity contribution in [3.63, 3.8) is 0 Å². The summed E-state index contributed by atoms with van der Waals surface area (Å²) in [6.45, 7) is 4.21. The van der Waals surface area contributed by atoms with Crippen molar-refractivity contribution in [3.8, 4) is 0 Å². The van der Waals surface area contributed by atoms with Gasteiger partial charge in [-0.15, -0.1) is 0 Å². The van der Waals surface area contributed by atoms with E-state index < -0.39 is 17.2 Å². The Morgan fingerprint density at radius 2 is 2.00 bits per heavy atom. The van der Waals surface area contributed by atoms with E-state index in [4.69, 9.17) is 5.73 Å². The highest BCUT2D eigenvalue weighted by Crippen LogP contribution is 2.43. The maximum atomic E-state index is 13.9. The summed E-state index contributed by atoms with van der Waals surface area (Å²) in [5.41, 5.74) is 6.20. The Morgan fingerprint density at radius 3 is 2.65 bits per heavy atom. The molecule has 0 amide bonds. The predicted molar refractivity (Wildman–Crippen MR) is 64.4 cm³/mol. The van der Waals surface area contributed by atoms with E-state index in [0.29, 0.717) is 11.5 Å². The van der Waals surface area contributed by atoms with Crippen LogP contribution < -0.4 is 5.73 Å². The molecule has 3 atom stereocenters. The van der Waals surface area contributed by atoms with Gasteiger partial charge in [0.05, 0.1) is 0 Å². The molecule has 94 valence electrons. The maximum Gasteiger partial charge on any atom is 0.131 e. The molecule has 17 heavy (non-hydrogen) atoms. The Kier molecular flexibility index (Phi) is 3.21. The molecule has 0 aliphatic heterocycles. The van der Waals surface area contributed by atoms with Crippen LogP contribution in [0.25, 0.3) is 0 Å². The van der Waals surface area contributed by atoms with Crippen LogP contribution >= 0.6 is 0 Å². The van der Waals surface area contributed by atoms with Crippen molar-refractivity contribution >= 4 is 0 Å². The van der Waals surface area contributed by atoms with Gasteiger partial charge < -0.3 is 5.73 Å². The maximum absolute atomic E-state index is 13.9. The number of benzene rings is 1. The lowest BCUT2D eigenvalue weighted by Gasteiger charge is -2.43. The van der Waals surface area contributed by atoms with Crippen LogP contribution in [0.1, 0.15) is 38.7 Å². The van der Waals surface area contributed by atoms with Gasteiger partial charge in [-0.1, -0.05) is 32.8 Å². The van der Waals surface area contributed by atoms with Crippen LogP contribution in [0.4, 0.5) is 8.78 Å². The number of halogens is 2. The van der Waals surface area contributed by atoms with Gasteiger partial charge in [-0.05, 0) is 24.3 Å². The molecule has 1 fully saturated rings. The molecule has 3 unspecified atom stereocenters. The third kappa shape index (κ3) is 2.08. The van der Waals surface area contributed by atoms with Gasteiger partial charge in [-0.2, -0.15) is 0 Å². The summed E-state index contributed by atoms with van der Waals surface area (Å²) < 4.78 is 26.8. The molecule has 1 nitrogen and oxygen atoms in total. The summed E-state index contributed by atoms with van der Waals surface area (Å²) in [6.07, 6.45) is 2.89. The summed E-state index contributed by atoms with van der Waals surface area (Å²) >= 11 is 0. The highest BCUT2D eigenvalue weighted by Gasteiger charge is 2.41. The van der Waals surface area contributed by atoms with Gasteiger partial charge >= 0.3 is 0 Å². The van der Waals surface area contributed by atoms with E-state index in [0.717, 1.165) is 25.3 Å². The Bertz CT molecular complexity index is 419. The molecule has 0 heterocycles. The van der Waals surface area contributed by atoms with Crippen molar-refractivity contribution in [2.45, 2.75) is 38.6 Å². The molecule has 1 saturated carbocycles. The standard InChI is InChI=1S/C14H19F2N/c1-9-4-3-7-14(17,10(9)2)12-6-5-11(15)8-13(12)16/h5-6,8-10H,3-4,7,17H2,1-2H3.